The number of hydrogen-bond acceptors (Lipinski definition) is 11. The lowest BCUT2D eigenvalue weighted by Gasteiger charge is -2.39. The molecule has 0 bridgehead atoms. The van der Waals surface area contributed by atoms with Gasteiger partial charge in [-0.25, -0.2) is 21.6 Å². The van der Waals surface area contributed by atoms with Crippen molar-refractivity contribution in [1.29, 1.82) is 0 Å². The molecule has 4 fully saturated rings. The van der Waals surface area contributed by atoms with Gasteiger partial charge in [0.05, 0.1) is 9.79 Å². The van der Waals surface area contributed by atoms with Crippen molar-refractivity contribution in [3.05, 3.63) is 119 Å². The minimum atomic E-state index is -4.83. The number of carbonyl (C=O) groups is 3. The second-order valence-corrected chi connectivity index (χ2v) is 22.7. The summed E-state index contributed by atoms with van der Waals surface area (Å²) in [4.78, 5) is 40.4. The summed E-state index contributed by atoms with van der Waals surface area (Å²) >= 11 is 0. The Morgan fingerprint density at radius 2 is 1.00 bits per heavy atom. The van der Waals surface area contributed by atoms with Crippen molar-refractivity contribution in [2.24, 2.45) is 0 Å². The van der Waals surface area contributed by atoms with Crippen molar-refractivity contribution in [3.63, 3.8) is 0 Å². The first-order valence-corrected chi connectivity index (χ1v) is 26.3. The molecule has 73 heavy (non-hydrogen) atoms. The highest BCUT2D eigenvalue weighted by Crippen LogP contribution is 2.41. The second kappa shape index (κ2) is 22.3. The number of sulfonamides is 2. The van der Waals surface area contributed by atoms with E-state index >= 15 is 0 Å². The van der Waals surface area contributed by atoms with E-state index < -0.39 is 74.1 Å². The van der Waals surface area contributed by atoms with Gasteiger partial charge in [-0.2, -0.15) is 8.61 Å². The van der Waals surface area contributed by atoms with Crippen LogP contribution in [0.4, 0.5) is 31.1 Å². The zero-order chi connectivity index (χ0) is 52.9. The molecule has 4 aliphatic rings. The van der Waals surface area contributed by atoms with Crippen LogP contribution in [0.5, 0.6) is 11.5 Å². The molecule has 2 aliphatic heterocycles. The van der Waals surface area contributed by atoms with E-state index in [-0.39, 0.29) is 61.4 Å². The van der Waals surface area contributed by atoms with E-state index in [2.05, 4.69) is 25.4 Å². The van der Waals surface area contributed by atoms with Gasteiger partial charge in [0.25, 0.3) is 0 Å². The Balaban J connectivity index is 0.000000218. The van der Waals surface area contributed by atoms with Gasteiger partial charge in [-0.3, -0.25) is 9.59 Å². The van der Waals surface area contributed by atoms with E-state index in [9.17, 15) is 57.6 Å². The number of benzene rings is 4. The fourth-order valence-electron chi connectivity index (χ4n) is 8.12. The third-order valence-corrected chi connectivity index (χ3v) is 15.9. The molecule has 24 heteroatoms. The number of piperazine rings is 2. The van der Waals surface area contributed by atoms with E-state index in [0.29, 0.717) is 29.5 Å². The maximum atomic E-state index is 13.6. The number of ether oxygens (including phenoxy) is 3. The Hall–Kier alpha value is -5.95. The molecule has 3 N–H and O–H groups in total. The van der Waals surface area contributed by atoms with Gasteiger partial charge >= 0.3 is 18.8 Å². The Bertz CT molecular complexity index is 2790. The fraction of sp³-hybridized carbons (Fsp3) is 0.449. The monoisotopic (exact) mass is 1070 g/mol. The number of hydrogen-bond donors (Lipinski definition) is 3. The molecule has 4 aromatic rings. The Kier molecular flexibility index (Phi) is 16.7. The van der Waals surface area contributed by atoms with Crippen LogP contribution in [0.2, 0.25) is 0 Å². The van der Waals surface area contributed by atoms with Gasteiger partial charge in [-0.15, -0.1) is 26.3 Å². The number of halogens is 6. The van der Waals surface area contributed by atoms with Crippen LogP contribution in [-0.2, 0) is 47.5 Å². The van der Waals surface area contributed by atoms with Gasteiger partial charge in [0.15, 0.2) is 0 Å². The van der Waals surface area contributed by atoms with Crippen molar-refractivity contribution in [1.82, 2.24) is 29.5 Å². The molecule has 2 saturated carbocycles. The minimum Gasteiger partial charge on any atom is -0.444 e. The lowest BCUT2D eigenvalue weighted by molar-refractivity contribution is -0.275. The summed E-state index contributed by atoms with van der Waals surface area (Å²) in [5.41, 5.74) is 2.41. The largest absolute Gasteiger partial charge is 0.573 e. The summed E-state index contributed by atoms with van der Waals surface area (Å²) < 4.78 is 143. The summed E-state index contributed by atoms with van der Waals surface area (Å²) in [6, 6.07) is 21.3. The quantitative estimate of drug-likeness (QED) is 0.109. The maximum absolute atomic E-state index is 13.6. The normalized spacial score (nSPS) is 19.2. The average molecular weight is 1070 g/mol. The molecule has 3 amide bonds. The van der Waals surface area contributed by atoms with Gasteiger partial charge in [-0.05, 0) is 129 Å². The zero-order valence-corrected chi connectivity index (χ0v) is 41.7. The van der Waals surface area contributed by atoms with Crippen LogP contribution in [0.15, 0.2) is 107 Å². The van der Waals surface area contributed by atoms with Crippen LogP contribution >= 0.6 is 0 Å². The Labute approximate surface area is 419 Å². The highest BCUT2D eigenvalue weighted by molar-refractivity contribution is 7.89. The molecule has 2 aliphatic carbocycles. The number of rotatable bonds is 14. The number of carbonyl (C=O) groups excluding carboxylic acids is 3. The van der Waals surface area contributed by atoms with Crippen molar-refractivity contribution in [2.75, 3.05) is 39.3 Å². The van der Waals surface area contributed by atoms with Gasteiger partial charge < -0.3 is 35.1 Å². The summed E-state index contributed by atoms with van der Waals surface area (Å²) in [6.07, 6.45) is -5.91. The fourth-order valence-corrected chi connectivity index (χ4v) is 11.3. The van der Waals surface area contributed by atoms with Crippen LogP contribution < -0.4 is 25.4 Å². The molecule has 0 aromatic heterocycles. The third kappa shape index (κ3) is 15.3. The summed E-state index contributed by atoms with van der Waals surface area (Å²) in [5.74, 6) is -0.972. The third-order valence-electron chi connectivity index (χ3n) is 12.1. The van der Waals surface area contributed by atoms with Crippen LogP contribution in [0.3, 0.4) is 0 Å². The Morgan fingerprint density at radius 3 is 1.40 bits per heavy atom. The minimum absolute atomic E-state index is 0.0265. The van der Waals surface area contributed by atoms with Gasteiger partial charge in [0, 0.05) is 52.4 Å². The van der Waals surface area contributed by atoms with Crippen molar-refractivity contribution < 1.29 is 71.8 Å². The lowest BCUT2D eigenvalue weighted by Crippen LogP contribution is -2.61. The summed E-state index contributed by atoms with van der Waals surface area (Å²) in [6.45, 7) is 5.43. The Morgan fingerprint density at radius 1 is 0.589 bits per heavy atom. The predicted molar refractivity (Wildman–Crippen MR) is 253 cm³/mol. The molecular weight excluding hydrogens is 1010 g/mol. The van der Waals surface area contributed by atoms with E-state index in [1.165, 1.54) is 45.6 Å². The van der Waals surface area contributed by atoms with Crippen LogP contribution in [0.1, 0.15) is 80.5 Å². The molecule has 2 atom stereocenters. The maximum Gasteiger partial charge on any atom is 0.573 e. The molecule has 2 saturated heterocycles. The standard InChI is InChI=1S/C27H32F3N3O6S.C22H24F3N3O4S/c1-26(2,3)39-25(35)32-14-15-33(40(36,37)22-12-8-20(9-13-22)19-6-7-19)23(17-32)24(34)31-16-18-4-10-21(11-5-18)38-27(28,29)30;23-22(24,25)32-18-7-1-15(2-8-18)13-27-21(29)20-14-26-11-12-28(20)33(30,31)19-9-5-17(6-10-19)16-3-4-16/h4-5,8-13,19,23H,6-7,14-17H2,1-3H3,(H,31,34);1-2,5-10,16,20,26H,3-4,11-14H2,(H,27,29)/t23-;20-/m11/s1. The molecule has 0 unspecified atom stereocenters. The highest BCUT2D eigenvalue weighted by atomic mass is 32.2. The topological polar surface area (TPSA) is 193 Å². The summed E-state index contributed by atoms with van der Waals surface area (Å²) in [5, 5.41) is 8.36. The summed E-state index contributed by atoms with van der Waals surface area (Å²) in [7, 11) is -7.97. The molecule has 8 rings (SSSR count). The first kappa shape index (κ1) is 54.8. The van der Waals surface area contributed by atoms with Gasteiger partial charge in [0.2, 0.25) is 31.9 Å². The van der Waals surface area contributed by atoms with E-state index in [1.807, 2.05) is 12.1 Å². The number of nitrogens with one attached hydrogen (secondary N) is 3. The van der Waals surface area contributed by atoms with E-state index in [4.69, 9.17) is 4.74 Å². The molecule has 0 radical (unpaired) electrons. The van der Waals surface area contributed by atoms with Crippen molar-refractivity contribution >= 4 is 38.0 Å². The van der Waals surface area contributed by atoms with Crippen LogP contribution in [0, 0.1) is 0 Å². The zero-order valence-electron chi connectivity index (χ0n) is 40.0. The smallest absolute Gasteiger partial charge is 0.444 e. The van der Waals surface area contributed by atoms with Crippen LogP contribution in [-0.4, -0.2) is 118 Å². The molecule has 4 aromatic carbocycles. The van der Waals surface area contributed by atoms with Gasteiger partial charge in [-0.1, -0.05) is 48.5 Å². The number of nitrogens with zero attached hydrogens (tertiary/aromatic N) is 3. The van der Waals surface area contributed by atoms with Gasteiger partial charge in [0.1, 0.15) is 29.2 Å². The predicted octanol–water partition coefficient (Wildman–Crippen LogP) is 7.13. The number of amides is 3. The number of alkyl halides is 6. The average Bonchev–Trinajstić information content (AvgIpc) is 4.28. The second-order valence-electron chi connectivity index (χ2n) is 18.9. The molecule has 2 heterocycles. The first-order chi connectivity index (χ1) is 34.3. The SMILES string of the molecule is CC(C)(C)OC(=O)N1CCN(S(=O)(=O)c2ccc(C3CC3)cc2)[C@@H](C(=O)NCc2ccc(OC(F)(F)F)cc2)C1.O=C(NCc1ccc(OC(F)(F)F)cc1)[C@H]1CNCCN1S(=O)(=O)c1ccc(C2CC2)cc1. The molecule has 0 spiro atoms. The molecular formula is C49H56F6N6O10S2. The van der Waals surface area contributed by atoms with Crippen LogP contribution in [0.25, 0.3) is 0 Å². The highest BCUT2D eigenvalue weighted by Gasteiger charge is 2.43. The lowest BCUT2D eigenvalue weighted by atomic mass is 10.1. The van der Waals surface area contributed by atoms with Crippen molar-refractivity contribution in [2.45, 2.75) is 112 Å². The van der Waals surface area contributed by atoms with Crippen molar-refractivity contribution in [3.8, 4) is 11.5 Å². The molecule has 16 nitrogen and oxygen atoms in total. The van der Waals surface area contributed by atoms with E-state index in [1.54, 1.807) is 45.0 Å². The molecule has 396 valence electrons. The first-order valence-electron chi connectivity index (χ1n) is 23.4. The van der Waals surface area contributed by atoms with E-state index in [0.717, 1.165) is 65.4 Å².